The standard InChI is InChI=1S/C16H17ClFN/c1-11(16(19)12-5-3-2-4-6-12)9-13-7-8-14(18)10-15(13)17/h2-8,10-11,16H,9,19H2,1H3. The molecule has 0 fully saturated rings. The molecule has 2 aromatic carbocycles. The zero-order chi connectivity index (χ0) is 13.8. The molecule has 2 unspecified atom stereocenters. The lowest BCUT2D eigenvalue weighted by molar-refractivity contribution is 0.468. The van der Waals surface area contributed by atoms with E-state index < -0.39 is 0 Å². The predicted molar refractivity (Wildman–Crippen MR) is 77.6 cm³/mol. The van der Waals surface area contributed by atoms with Crippen LogP contribution in [0.4, 0.5) is 4.39 Å². The number of rotatable bonds is 4. The quantitative estimate of drug-likeness (QED) is 0.883. The maximum Gasteiger partial charge on any atom is 0.124 e. The van der Waals surface area contributed by atoms with E-state index in [2.05, 4.69) is 6.92 Å². The van der Waals surface area contributed by atoms with Crippen molar-refractivity contribution in [3.8, 4) is 0 Å². The number of hydrogen-bond donors (Lipinski definition) is 1. The molecule has 0 radical (unpaired) electrons. The van der Waals surface area contributed by atoms with Crippen LogP contribution in [0.1, 0.15) is 24.1 Å². The molecule has 0 saturated carbocycles. The van der Waals surface area contributed by atoms with Gasteiger partial charge in [-0.25, -0.2) is 4.39 Å². The summed E-state index contributed by atoms with van der Waals surface area (Å²) in [5.41, 5.74) is 8.29. The van der Waals surface area contributed by atoms with Crippen LogP contribution in [0.25, 0.3) is 0 Å². The molecule has 0 aliphatic rings. The van der Waals surface area contributed by atoms with E-state index in [1.807, 2.05) is 30.3 Å². The second kappa shape index (κ2) is 6.18. The number of nitrogens with two attached hydrogens (primary N) is 1. The van der Waals surface area contributed by atoms with Crippen molar-refractivity contribution < 1.29 is 4.39 Å². The molecule has 2 atom stereocenters. The maximum atomic E-state index is 13.0. The zero-order valence-electron chi connectivity index (χ0n) is 10.8. The molecule has 0 heterocycles. The number of benzene rings is 2. The topological polar surface area (TPSA) is 26.0 Å². The Balaban J connectivity index is 2.10. The lowest BCUT2D eigenvalue weighted by Crippen LogP contribution is -2.21. The van der Waals surface area contributed by atoms with Gasteiger partial charge in [-0.05, 0) is 35.6 Å². The fraction of sp³-hybridized carbons (Fsp3) is 0.250. The largest absolute Gasteiger partial charge is 0.324 e. The average Bonchev–Trinajstić information content (AvgIpc) is 2.42. The molecular formula is C16H17ClFN. The third-order valence-corrected chi connectivity index (χ3v) is 3.71. The van der Waals surface area contributed by atoms with E-state index in [9.17, 15) is 4.39 Å². The first-order chi connectivity index (χ1) is 9.08. The molecule has 1 nitrogen and oxygen atoms in total. The van der Waals surface area contributed by atoms with E-state index in [4.69, 9.17) is 17.3 Å². The molecule has 0 bridgehead atoms. The summed E-state index contributed by atoms with van der Waals surface area (Å²) in [6.07, 6.45) is 0.731. The summed E-state index contributed by atoms with van der Waals surface area (Å²) in [5.74, 6) is -0.0841. The Labute approximate surface area is 118 Å². The molecule has 0 amide bonds. The van der Waals surface area contributed by atoms with Gasteiger partial charge in [-0.1, -0.05) is 54.9 Å². The van der Waals surface area contributed by atoms with Crippen molar-refractivity contribution in [2.45, 2.75) is 19.4 Å². The molecular weight excluding hydrogens is 261 g/mol. The van der Waals surface area contributed by atoms with Crippen LogP contribution in [-0.2, 0) is 6.42 Å². The minimum absolute atomic E-state index is 0.0534. The highest BCUT2D eigenvalue weighted by molar-refractivity contribution is 6.31. The van der Waals surface area contributed by atoms with Gasteiger partial charge in [0.1, 0.15) is 5.82 Å². The Bertz CT molecular complexity index is 542. The molecule has 2 rings (SSSR count). The van der Waals surface area contributed by atoms with Crippen molar-refractivity contribution in [3.05, 3.63) is 70.5 Å². The van der Waals surface area contributed by atoms with Gasteiger partial charge in [0.05, 0.1) is 0 Å². The number of hydrogen-bond acceptors (Lipinski definition) is 1. The Morgan fingerprint density at radius 1 is 1.16 bits per heavy atom. The van der Waals surface area contributed by atoms with Gasteiger partial charge in [0.2, 0.25) is 0 Å². The third-order valence-electron chi connectivity index (χ3n) is 3.35. The molecule has 19 heavy (non-hydrogen) atoms. The van der Waals surface area contributed by atoms with E-state index in [-0.39, 0.29) is 17.8 Å². The van der Waals surface area contributed by atoms with E-state index in [0.717, 1.165) is 17.5 Å². The van der Waals surface area contributed by atoms with Crippen LogP contribution in [0, 0.1) is 11.7 Å². The van der Waals surface area contributed by atoms with Gasteiger partial charge >= 0.3 is 0 Å². The van der Waals surface area contributed by atoms with Crippen molar-refractivity contribution in [1.29, 1.82) is 0 Å². The van der Waals surface area contributed by atoms with E-state index in [1.54, 1.807) is 6.07 Å². The monoisotopic (exact) mass is 277 g/mol. The lowest BCUT2D eigenvalue weighted by atomic mass is 9.90. The van der Waals surface area contributed by atoms with Crippen LogP contribution in [0.2, 0.25) is 5.02 Å². The van der Waals surface area contributed by atoms with Crippen LogP contribution in [0.15, 0.2) is 48.5 Å². The second-order valence-electron chi connectivity index (χ2n) is 4.85. The summed E-state index contributed by atoms with van der Waals surface area (Å²) in [7, 11) is 0. The molecule has 0 spiro atoms. The molecule has 2 aromatic rings. The van der Waals surface area contributed by atoms with Gasteiger partial charge in [-0.3, -0.25) is 0 Å². The van der Waals surface area contributed by atoms with Crippen molar-refractivity contribution in [1.82, 2.24) is 0 Å². The predicted octanol–water partition coefficient (Wildman–Crippen LogP) is 4.36. The second-order valence-corrected chi connectivity index (χ2v) is 5.26. The molecule has 0 aliphatic carbocycles. The fourth-order valence-corrected chi connectivity index (χ4v) is 2.41. The highest BCUT2D eigenvalue weighted by Crippen LogP contribution is 2.26. The Kier molecular flexibility index (Phi) is 4.56. The molecule has 2 N–H and O–H groups in total. The van der Waals surface area contributed by atoms with E-state index in [1.165, 1.54) is 12.1 Å². The Morgan fingerprint density at radius 3 is 2.47 bits per heavy atom. The zero-order valence-corrected chi connectivity index (χ0v) is 11.6. The van der Waals surface area contributed by atoms with Crippen LogP contribution in [0.3, 0.4) is 0 Å². The van der Waals surface area contributed by atoms with Crippen LogP contribution in [-0.4, -0.2) is 0 Å². The Hall–Kier alpha value is -1.38. The summed E-state index contributed by atoms with van der Waals surface area (Å²) >= 11 is 6.04. The Morgan fingerprint density at radius 2 is 1.84 bits per heavy atom. The summed E-state index contributed by atoms with van der Waals surface area (Å²) in [6, 6.07) is 14.4. The maximum absolute atomic E-state index is 13.0. The van der Waals surface area contributed by atoms with Gasteiger partial charge in [-0.15, -0.1) is 0 Å². The van der Waals surface area contributed by atoms with E-state index >= 15 is 0 Å². The lowest BCUT2D eigenvalue weighted by Gasteiger charge is -2.21. The minimum atomic E-state index is -0.311. The smallest absolute Gasteiger partial charge is 0.124 e. The average molecular weight is 278 g/mol. The summed E-state index contributed by atoms with van der Waals surface area (Å²) < 4.78 is 13.0. The molecule has 0 aromatic heterocycles. The highest BCUT2D eigenvalue weighted by atomic mass is 35.5. The van der Waals surface area contributed by atoms with Crippen molar-refractivity contribution in [2.24, 2.45) is 11.7 Å². The molecule has 3 heteroatoms. The van der Waals surface area contributed by atoms with Crippen molar-refractivity contribution in [2.75, 3.05) is 0 Å². The van der Waals surface area contributed by atoms with Gasteiger partial charge in [0.25, 0.3) is 0 Å². The normalized spacial score (nSPS) is 14.1. The van der Waals surface area contributed by atoms with Crippen LogP contribution in [0.5, 0.6) is 0 Å². The SMILES string of the molecule is CC(Cc1ccc(F)cc1Cl)C(N)c1ccccc1. The first-order valence-corrected chi connectivity index (χ1v) is 6.70. The fourth-order valence-electron chi connectivity index (χ4n) is 2.16. The van der Waals surface area contributed by atoms with Crippen molar-refractivity contribution in [3.63, 3.8) is 0 Å². The van der Waals surface area contributed by atoms with Crippen LogP contribution >= 0.6 is 11.6 Å². The minimum Gasteiger partial charge on any atom is -0.324 e. The molecule has 0 saturated heterocycles. The van der Waals surface area contributed by atoms with E-state index in [0.29, 0.717) is 5.02 Å². The summed E-state index contributed by atoms with van der Waals surface area (Å²) in [6.45, 7) is 2.08. The van der Waals surface area contributed by atoms with Crippen LogP contribution < -0.4 is 5.73 Å². The van der Waals surface area contributed by atoms with Gasteiger partial charge in [0.15, 0.2) is 0 Å². The third kappa shape index (κ3) is 3.55. The molecule has 0 aliphatic heterocycles. The number of halogens is 2. The first kappa shape index (κ1) is 14.0. The summed E-state index contributed by atoms with van der Waals surface area (Å²) in [4.78, 5) is 0. The molecule has 100 valence electrons. The van der Waals surface area contributed by atoms with Crippen molar-refractivity contribution >= 4 is 11.6 Å². The summed E-state index contributed by atoms with van der Waals surface area (Å²) in [5, 5.41) is 0.465. The van der Waals surface area contributed by atoms with Gasteiger partial charge in [-0.2, -0.15) is 0 Å². The first-order valence-electron chi connectivity index (χ1n) is 6.32. The van der Waals surface area contributed by atoms with Gasteiger partial charge in [0, 0.05) is 11.1 Å². The van der Waals surface area contributed by atoms with Gasteiger partial charge < -0.3 is 5.73 Å². The highest BCUT2D eigenvalue weighted by Gasteiger charge is 2.16.